The first-order valence-electron chi connectivity index (χ1n) is 9.61. The lowest BCUT2D eigenvalue weighted by molar-refractivity contribution is 0.0464. The van der Waals surface area contributed by atoms with E-state index in [9.17, 15) is 9.59 Å². The van der Waals surface area contributed by atoms with Crippen LogP contribution in [0.3, 0.4) is 0 Å². The summed E-state index contributed by atoms with van der Waals surface area (Å²) in [5.41, 5.74) is 6.38. The molecule has 1 aromatic carbocycles. The fraction of sp³-hybridized carbons (Fsp3) is 0.478. The average molecular weight is 386 g/mol. The Bertz CT molecular complexity index is 877. The highest BCUT2D eigenvalue weighted by Gasteiger charge is 2.24. The lowest BCUT2D eigenvalue weighted by Crippen LogP contribution is -2.14. The summed E-state index contributed by atoms with van der Waals surface area (Å²) in [6.45, 7) is 16.3. The fourth-order valence-electron chi connectivity index (χ4n) is 3.33. The topological polar surface area (TPSA) is 68.4 Å². The van der Waals surface area contributed by atoms with Crippen molar-refractivity contribution in [2.75, 3.05) is 6.61 Å². The average Bonchev–Trinajstić information content (AvgIpc) is 2.87. The van der Waals surface area contributed by atoms with E-state index in [0.717, 1.165) is 16.7 Å². The number of esters is 2. The van der Waals surface area contributed by atoms with E-state index in [1.54, 1.807) is 20.8 Å². The summed E-state index contributed by atoms with van der Waals surface area (Å²) in [4.78, 5) is 27.7. The summed E-state index contributed by atoms with van der Waals surface area (Å²) in [5.74, 6) is -0.910. The van der Waals surface area contributed by atoms with Gasteiger partial charge in [-0.15, -0.1) is 0 Å². The van der Waals surface area contributed by atoms with Gasteiger partial charge < -0.3 is 14.5 Å². The van der Waals surface area contributed by atoms with Gasteiger partial charge in [-0.05, 0) is 67.9 Å². The Morgan fingerprint density at radius 3 is 2.04 bits per heavy atom. The molecule has 1 aromatic heterocycles. The summed E-state index contributed by atoms with van der Waals surface area (Å²) in [6, 6.07) is 4.30. The Morgan fingerprint density at radius 1 is 0.964 bits per heavy atom. The number of carbonyl (C=O) groups is 2. The van der Waals surface area contributed by atoms with Crippen LogP contribution in [-0.4, -0.2) is 23.5 Å². The quantitative estimate of drug-likeness (QED) is 0.729. The van der Waals surface area contributed by atoms with E-state index in [-0.39, 0.29) is 18.6 Å². The van der Waals surface area contributed by atoms with E-state index in [4.69, 9.17) is 9.47 Å². The molecule has 28 heavy (non-hydrogen) atoms. The Hall–Kier alpha value is -2.56. The van der Waals surface area contributed by atoms with Gasteiger partial charge in [-0.25, -0.2) is 9.59 Å². The maximum atomic E-state index is 12.6. The molecule has 5 heteroatoms. The van der Waals surface area contributed by atoms with Crippen LogP contribution in [0, 0.1) is 27.7 Å². The molecular formula is C23H31NO4. The maximum absolute atomic E-state index is 12.6. The van der Waals surface area contributed by atoms with Crippen LogP contribution in [0.2, 0.25) is 0 Å². The molecule has 0 amide bonds. The van der Waals surface area contributed by atoms with E-state index < -0.39 is 11.9 Å². The molecule has 2 aromatic rings. The lowest BCUT2D eigenvalue weighted by Gasteiger charge is -2.22. The van der Waals surface area contributed by atoms with Crippen molar-refractivity contribution in [3.8, 4) is 0 Å². The minimum Gasteiger partial charge on any atom is -0.462 e. The molecule has 0 aliphatic carbocycles. The third-order valence-electron chi connectivity index (χ3n) is 5.03. The molecule has 5 nitrogen and oxygen atoms in total. The van der Waals surface area contributed by atoms with Crippen molar-refractivity contribution < 1.29 is 19.1 Å². The standard InChI is InChI=1S/C23H31NO4/c1-9-27-21(25)19-15(4)20(24-16(19)5)22(26)28-12-18-13(2)10-17(11-14(18)3)23(6,7)8/h10-11,24H,9,12H2,1-8H3. The van der Waals surface area contributed by atoms with Gasteiger partial charge in [-0.3, -0.25) is 0 Å². The second kappa shape index (κ2) is 8.21. The van der Waals surface area contributed by atoms with Crippen LogP contribution in [-0.2, 0) is 21.5 Å². The van der Waals surface area contributed by atoms with Crippen LogP contribution < -0.4 is 0 Å². The largest absolute Gasteiger partial charge is 0.462 e. The number of aromatic amines is 1. The van der Waals surface area contributed by atoms with E-state index in [1.807, 2.05) is 13.8 Å². The van der Waals surface area contributed by atoms with Crippen molar-refractivity contribution in [2.24, 2.45) is 0 Å². The molecule has 0 unspecified atom stereocenters. The van der Waals surface area contributed by atoms with Crippen LogP contribution in [0.15, 0.2) is 12.1 Å². The minimum absolute atomic E-state index is 0.0626. The number of ether oxygens (including phenoxy) is 2. The molecule has 0 aliphatic heterocycles. The second-order valence-corrected chi connectivity index (χ2v) is 8.26. The first-order chi connectivity index (χ1) is 13.0. The highest BCUT2D eigenvalue weighted by atomic mass is 16.5. The van der Waals surface area contributed by atoms with Gasteiger partial charge in [-0.1, -0.05) is 32.9 Å². The number of carbonyl (C=O) groups excluding carboxylic acids is 2. The Labute approximate surface area is 167 Å². The zero-order valence-corrected chi connectivity index (χ0v) is 18.2. The van der Waals surface area contributed by atoms with Gasteiger partial charge in [0.1, 0.15) is 12.3 Å². The number of H-pyrrole nitrogens is 1. The van der Waals surface area contributed by atoms with E-state index in [2.05, 4.69) is 37.9 Å². The van der Waals surface area contributed by atoms with Crippen molar-refractivity contribution in [3.05, 3.63) is 56.9 Å². The Morgan fingerprint density at radius 2 is 1.54 bits per heavy atom. The van der Waals surface area contributed by atoms with Gasteiger partial charge in [0.25, 0.3) is 0 Å². The summed E-state index contributed by atoms with van der Waals surface area (Å²) in [6.07, 6.45) is 0. The van der Waals surface area contributed by atoms with E-state index >= 15 is 0 Å². The molecule has 0 fully saturated rings. The summed E-state index contributed by atoms with van der Waals surface area (Å²) in [5, 5.41) is 0. The van der Waals surface area contributed by atoms with Crippen molar-refractivity contribution in [3.63, 3.8) is 0 Å². The number of hydrogen-bond acceptors (Lipinski definition) is 4. The zero-order valence-electron chi connectivity index (χ0n) is 18.2. The molecule has 0 radical (unpaired) electrons. The highest BCUT2D eigenvalue weighted by molar-refractivity contribution is 5.98. The Kier molecular flexibility index (Phi) is 6.37. The van der Waals surface area contributed by atoms with Crippen LogP contribution in [0.1, 0.15) is 82.1 Å². The second-order valence-electron chi connectivity index (χ2n) is 8.26. The molecule has 0 atom stereocenters. The number of aromatic nitrogens is 1. The summed E-state index contributed by atoms with van der Waals surface area (Å²) in [7, 11) is 0. The number of rotatable bonds is 5. The zero-order chi connectivity index (χ0) is 21.2. The highest BCUT2D eigenvalue weighted by Crippen LogP contribution is 2.27. The molecule has 0 spiro atoms. The molecule has 0 aliphatic rings. The third kappa shape index (κ3) is 4.46. The molecule has 0 saturated carbocycles. The minimum atomic E-state index is -0.477. The van der Waals surface area contributed by atoms with Crippen molar-refractivity contribution in [1.82, 2.24) is 4.98 Å². The van der Waals surface area contributed by atoms with Gasteiger partial charge in [0, 0.05) is 5.69 Å². The van der Waals surface area contributed by atoms with Gasteiger partial charge in [0.2, 0.25) is 0 Å². The SMILES string of the molecule is CCOC(=O)c1c(C)[nH]c(C(=O)OCc2c(C)cc(C(C)(C)C)cc2C)c1C. The van der Waals surface area contributed by atoms with Gasteiger partial charge in [0.05, 0.1) is 12.2 Å². The van der Waals surface area contributed by atoms with Gasteiger partial charge in [-0.2, -0.15) is 0 Å². The predicted octanol–water partition coefficient (Wildman–Crippen LogP) is 5.08. The fourth-order valence-corrected chi connectivity index (χ4v) is 3.33. The van der Waals surface area contributed by atoms with E-state index in [1.165, 1.54) is 5.56 Å². The number of hydrogen-bond donors (Lipinski definition) is 1. The third-order valence-corrected chi connectivity index (χ3v) is 5.03. The maximum Gasteiger partial charge on any atom is 0.355 e. The smallest absolute Gasteiger partial charge is 0.355 e. The first kappa shape index (κ1) is 21.7. The monoisotopic (exact) mass is 385 g/mol. The van der Waals surface area contributed by atoms with Crippen LogP contribution >= 0.6 is 0 Å². The van der Waals surface area contributed by atoms with Crippen LogP contribution in [0.4, 0.5) is 0 Å². The van der Waals surface area contributed by atoms with Crippen molar-refractivity contribution in [1.29, 1.82) is 0 Å². The molecule has 1 N–H and O–H groups in total. The molecule has 0 bridgehead atoms. The van der Waals surface area contributed by atoms with Crippen LogP contribution in [0.5, 0.6) is 0 Å². The summed E-state index contributed by atoms with van der Waals surface area (Å²) < 4.78 is 10.6. The first-order valence-corrected chi connectivity index (χ1v) is 9.61. The number of aryl methyl sites for hydroxylation is 3. The predicted molar refractivity (Wildman–Crippen MR) is 110 cm³/mol. The van der Waals surface area contributed by atoms with Crippen molar-refractivity contribution >= 4 is 11.9 Å². The molecule has 152 valence electrons. The molecule has 1 heterocycles. The number of nitrogens with one attached hydrogen (secondary N) is 1. The normalized spacial score (nSPS) is 11.4. The van der Waals surface area contributed by atoms with Gasteiger partial charge >= 0.3 is 11.9 Å². The lowest BCUT2D eigenvalue weighted by atomic mass is 9.84. The van der Waals surface area contributed by atoms with Gasteiger partial charge in [0.15, 0.2) is 0 Å². The van der Waals surface area contributed by atoms with Crippen LogP contribution in [0.25, 0.3) is 0 Å². The Balaban J connectivity index is 2.22. The number of benzene rings is 1. The summed E-state index contributed by atoms with van der Waals surface area (Å²) >= 11 is 0. The molecular weight excluding hydrogens is 354 g/mol. The van der Waals surface area contributed by atoms with Crippen molar-refractivity contribution in [2.45, 2.75) is 67.4 Å². The molecule has 2 rings (SSSR count). The van der Waals surface area contributed by atoms with E-state index in [0.29, 0.717) is 22.5 Å². The molecule has 0 saturated heterocycles.